The van der Waals surface area contributed by atoms with Crippen LogP contribution in [0.4, 0.5) is 4.39 Å². The summed E-state index contributed by atoms with van der Waals surface area (Å²) in [6.07, 6.45) is 6.74. The van der Waals surface area contributed by atoms with Gasteiger partial charge in [-0.2, -0.15) is 0 Å². The van der Waals surface area contributed by atoms with Crippen molar-refractivity contribution in [1.29, 1.82) is 0 Å². The van der Waals surface area contributed by atoms with E-state index in [0.29, 0.717) is 44.5 Å². The zero-order chi connectivity index (χ0) is 39.6. The van der Waals surface area contributed by atoms with Crippen LogP contribution in [0.1, 0.15) is 55.2 Å². The first-order valence-corrected chi connectivity index (χ1v) is 20.0. The molecule has 0 bridgehead atoms. The number of halogens is 2. The lowest BCUT2D eigenvalue weighted by Crippen LogP contribution is -2.61. The van der Waals surface area contributed by atoms with E-state index in [4.69, 9.17) is 11.6 Å². The largest absolute Gasteiger partial charge is 0.361 e. The van der Waals surface area contributed by atoms with Crippen LogP contribution in [0.3, 0.4) is 0 Å². The Morgan fingerprint density at radius 3 is 2.20 bits per heavy atom. The number of hydrogen-bond acceptors (Lipinski definition) is 5. The molecule has 3 aromatic carbocycles. The summed E-state index contributed by atoms with van der Waals surface area (Å²) in [6.45, 7) is 1.45. The summed E-state index contributed by atoms with van der Waals surface area (Å²) in [6, 6.07) is 19.0. The van der Waals surface area contributed by atoms with Crippen molar-refractivity contribution in [3.05, 3.63) is 108 Å². The van der Waals surface area contributed by atoms with Gasteiger partial charge in [0.15, 0.2) is 0 Å². The van der Waals surface area contributed by atoms with Gasteiger partial charge in [-0.05, 0) is 73.4 Å². The van der Waals surface area contributed by atoms with Crippen LogP contribution >= 0.6 is 11.6 Å². The number of aromatic nitrogens is 1. The van der Waals surface area contributed by atoms with E-state index in [1.54, 1.807) is 30.3 Å². The van der Waals surface area contributed by atoms with E-state index in [2.05, 4.69) is 15.6 Å². The molecule has 56 heavy (non-hydrogen) atoms. The number of benzene rings is 3. The predicted molar refractivity (Wildman–Crippen MR) is 213 cm³/mol. The van der Waals surface area contributed by atoms with Crippen LogP contribution in [0.2, 0.25) is 0 Å². The van der Waals surface area contributed by atoms with Crippen LogP contribution in [0.25, 0.3) is 10.9 Å². The predicted octanol–water partition coefficient (Wildman–Crippen LogP) is 4.76. The summed E-state index contributed by atoms with van der Waals surface area (Å²) >= 11 is 5.94. The van der Waals surface area contributed by atoms with Gasteiger partial charge in [0, 0.05) is 63.0 Å². The van der Waals surface area contributed by atoms with E-state index in [-0.39, 0.29) is 37.0 Å². The number of H-pyrrole nitrogens is 1. The Kier molecular flexibility index (Phi) is 13.8. The zero-order valence-corrected chi connectivity index (χ0v) is 32.5. The first-order valence-electron chi connectivity index (χ1n) is 19.5. The number of aromatic amines is 1. The number of carbonyl (C=O) groups is 5. The molecule has 3 N–H and O–H groups in total. The van der Waals surface area contributed by atoms with Gasteiger partial charge in [-0.25, -0.2) is 4.39 Å². The minimum atomic E-state index is -1.12. The van der Waals surface area contributed by atoms with Crippen LogP contribution in [0.15, 0.2) is 85.1 Å². The second-order valence-corrected chi connectivity index (χ2v) is 15.1. The smallest absolute Gasteiger partial charge is 0.246 e. The van der Waals surface area contributed by atoms with Gasteiger partial charge in [0.2, 0.25) is 29.5 Å². The number of nitrogens with zero attached hydrogens (tertiary/aromatic N) is 3. The maximum Gasteiger partial charge on any atom is 0.246 e. The summed E-state index contributed by atoms with van der Waals surface area (Å²) in [5.74, 6) is -2.78. The molecule has 2 aliphatic rings. The van der Waals surface area contributed by atoms with Gasteiger partial charge in [-0.15, -0.1) is 11.6 Å². The average molecular weight is 785 g/mol. The standard InChI is InChI=1S/C43H50ClFN6O5/c1-49(39(52)27-44)38(25-29-12-4-2-5-13-29)43(56)51-23-11-8-16-37(51)41(54)47-35(26-31-28-46-34-15-7-6-14-33(31)34)40(53)48-36(24-30-17-19-32(45)20-18-30)42(55)50-21-9-3-10-22-50/h2,4-7,12-15,17-20,28,35-38,46H,3,8-11,16,21-27H2,1H3,(H,47,54)(H,48,53)/t35?,36?,37-,38?/m0/s1. The topological polar surface area (TPSA) is 135 Å². The van der Waals surface area contributed by atoms with E-state index in [1.807, 2.05) is 54.6 Å². The summed E-state index contributed by atoms with van der Waals surface area (Å²) in [5.41, 5.74) is 3.19. The molecule has 0 saturated carbocycles. The molecule has 6 rings (SSSR count). The molecule has 3 unspecified atom stereocenters. The number of alkyl halides is 1. The number of fused-ring (bicyclic) bond motifs is 1. The lowest BCUT2D eigenvalue weighted by molar-refractivity contribution is -0.150. The molecule has 11 nitrogen and oxygen atoms in total. The summed E-state index contributed by atoms with van der Waals surface area (Å²) in [4.78, 5) is 78.1. The molecule has 0 spiro atoms. The highest BCUT2D eigenvalue weighted by molar-refractivity contribution is 6.27. The van der Waals surface area contributed by atoms with E-state index < -0.39 is 47.7 Å². The third-order valence-corrected chi connectivity index (χ3v) is 11.2. The minimum Gasteiger partial charge on any atom is -0.361 e. The third kappa shape index (κ3) is 9.95. The number of piperidine rings is 2. The van der Waals surface area contributed by atoms with E-state index in [0.717, 1.165) is 41.3 Å². The zero-order valence-electron chi connectivity index (χ0n) is 31.7. The van der Waals surface area contributed by atoms with E-state index >= 15 is 0 Å². The Morgan fingerprint density at radius 2 is 1.46 bits per heavy atom. The van der Waals surface area contributed by atoms with Gasteiger partial charge in [-0.1, -0.05) is 60.7 Å². The van der Waals surface area contributed by atoms with Gasteiger partial charge in [0.1, 0.15) is 35.9 Å². The van der Waals surface area contributed by atoms with Crippen LogP contribution in [0.5, 0.6) is 0 Å². The highest BCUT2D eigenvalue weighted by Crippen LogP contribution is 2.24. The molecule has 3 heterocycles. The maximum absolute atomic E-state index is 14.5. The summed E-state index contributed by atoms with van der Waals surface area (Å²) in [5, 5.41) is 6.85. The molecule has 13 heteroatoms. The number of likely N-dealkylation sites (N-methyl/N-ethyl adjacent to an activating group) is 1. The molecule has 0 aliphatic carbocycles. The van der Waals surface area contributed by atoms with Gasteiger partial charge in [0.05, 0.1) is 0 Å². The van der Waals surface area contributed by atoms with Gasteiger partial charge in [-0.3, -0.25) is 24.0 Å². The first-order chi connectivity index (χ1) is 27.1. The maximum atomic E-state index is 14.5. The number of nitrogens with one attached hydrogen (secondary N) is 3. The molecule has 1 aromatic heterocycles. The van der Waals surface area contributed by atoms with Crippen molar-refractivity contribution in [3.8, 4) is 0 Å². The summed E-state index contributed by atoms with van der Waals surface area (Å²) < 4.78 is 13.8. The Hall–Kier alpha value is -5.23. The summed E-state index contributed by atoms with van der Waals surface area (Å²) in [7, 11) is 1.55. The fraction of sp³-hybridized carbons (Fsp3) is 0.419. The van der Waals surface area contributed by atoms with Gasteiger partial charge < -0.3 is 30.3 Å². The SMILES string of the molecule is CN(C(=O)CCl)C(Cc1ccccc1)C(=O)N1CCCC[C@H]1C(=O)NC(Cc1c[nH]c2ccccc12)C(=O)NC(Cc1ccc(F)cc1)C(=O)N1CCCCC1. The molecule has 5 amide bonds. The molecule has 4 aromatic rings. The minimum absolute atomic E-state index is 0.104. The Bertz CT molecular complexity index is 1990. The molecular weight excluding hydrogens is 735 g/mol. The molecule has 4 atom stereocenters. The normalized spacial score (nSPS) is 17.4. The highest BCUT2D eigenvalue weighted by Gasteiger charge is 2.40. The van der Waals surface area contributed by atoms with Crippen molar-refractivity contribution in [2.75, 3.05) is 32.6 Å². The van der Waals surface area contributed by atoms with Crippen molar-refractivity contribution in [2.45, 2.75) is 82.0 Å². The molecule has 2 fully saturated rings. The number of para-hydroxylation sites is 1. The van der Waals surface area contributed by atoms with Crippen molar-refractivity contribution in [1.82, 2.24) is 30.3 Å². The second kappa shape index (κ2) is 19.1. The fourth-order valence-corrected chi connectivity index (χ4v) is 8.00. The number of rotatable bonds is 14. The Labute approximate surface area is 331 Å². The van der Waals surface area contributed by atoms with Crippen molar-refractivity contribution >= 4 is 52.0 Å². The van der Waals surface area contributed by atoms with Crippen molar-refractivity contribution in [3.63, 3.8) is 0 Å². The molecule has 2 saturated heterocycles. The van der Waals surface area contributed by atoms with Crippen LogP contribution in [-0.4, -0.2) is 106 Å². The Balaban J connectivity index is 1.28. The molecular formula is C43H50ClFN6O5. The van der Waals surface area contributed by atoms with Crippen LogP contribution in [0, 0.1) is 5.82 Å². The highest BCUT2D eigenvalue weighted by atomic mass is 35.5. The van der Waals surface area contributed by atoms with Crippen LogP contribution in [-0.2, 0) is 43.2 Å². The first kappa shape index (κ1) is 40.4. The quantitative estimate of drug-likeness (QED) is 0.159. The number of likely N-dealkylation sites (tertiary alicyclic amines) is 2. The van der Waals surface area contributed by atoms with E-state index in [9.17, 15) is 28.4 Å². The Morgan fingerprint density at radius 1 is 0.786 bits per heavy atom. The van der Waals surface area contributed by atoms with Gasteiger partial charge in [0.25, 0.3) is 0 Å². The van der Waals surface area contributed by atoms with Crippen molar-refractivity contribution < 1.29 is 28.4 Å². The fourth-order valence-electron chi connectivity index (χ4n) is 7.82. The number of carbonyl (C=O) groups excluding carboxylic acids is 5. The average Bonchev–Trinajstić information content (AvgIpc) is 3.65. The number of hydrogen-bond donors (Lipinski definition) is 3. The van der Waals surface area contributed by atoms with Gasteiger partial charge >= 0.3 is 0 Å². The molecule has 296 valence electrons. The monoisotopic (exact) mass is 784 g/mol. The lowest BCUT2D eigenvalue weighted by Gasteiger charge is -2.39. The van der Waals surface area contributed by atoms with Crippen LogP contribution < -0.4 is 10.6 Å². The van der Waals surface area contributed by atoms with E-state index in [1.165, 1.54) is 21.9 Å². The van der Waals surface area contributed by atoms with Crippen molar-refractivity contribution in [2.24, 2.45) is 0 Å². The molecule has 0 radical (unpaired) electrons. The second-order valence-electron chi connectivity index (χ2n) is 14.8. The number of amides is 5. The lowest BCUT2D eigenvalue weighted by atomic mass is 9.96. The third-order valence-electron chi connectivity index (χ3n) is 11.0. The molecule has 2 aliphatic heterocycles.